The fourth-order valence-electron chi connectivity index (χ4n) is 3.33. The molecule has 1 atom stereocenters. The SMILES string of the molecule is Cc1ccc(C=CS(=O)(=O)N2CCC(c3ccc4c(c3)OCO4)C2)cc1. The van der Waals surface area contributed by atoms with Gasteiger partial charge in [-0.2, -0.15) is 4.31 Å². The summed E-state index contributed by atoms with van der Waals surface area (Å²) >= 11 is 0. The molecule has 2 aromatic rings. The molecule has 2 aliphatic heterocycles. The quantitative estimate of drug-likeness (QED) is 0.825. The van der Waals surface area contributed by atoms with Crippen molar-refractivity contribution in [1.82, 2.24) is 4.31 Å². The maximum absolute atomic E-state index is 12.6. The predicted octanol–water partition coefficient (Wildman–Crippen LogP) is 3.51. The van der Waals surface area contributed by atoms with Gasteiger partial charge in [-0.1, -0.05) is 35.9 Å². The van der Waals surface area contributed by atoms with Crippen LogP contribution in [0.4, 0.5) is 0 Å². The van der Waals surface area contributed by atoms with Gasteiger partial charge in [0.05, 0.1) is 0 Å². The Morgan fingerprint density at radius 2 is 1.85 bits per heavy atom. The van der Waals surface area contributed by atoms with E-state index in [2.05, 4.69) is 0 Å². The molecule has 0 bridgehead atoms. The molecule has 2 aliphatic rings. The van der Waals surface area contributed by atoms with E-state index in [-0.39, 0.29) is 12.7 Å². The van der Waals surface area contributed by atoms with Crippen molar-refractivity contribution in [3.63, 3.8) is 0 Å². The van der Waals surface area contributed by atoms with E-state index in [1.807, 2.05) is 49.4 Å². The summed E-state index contributed by atoms with van der Waals surface area (Å²) in [5.74, 6) is 1.66. The highest BCUT2D eigenvalue weighted by Gasteiger charge is 2.31. The molecule has 1 saturated heterocycles. The number of nitrogens with zero attached hydrogens (tertiary/aromatic N) is 1. The van der Waals surface area contributed by atoms with Gasteiger partial charge in [-0.15, -0.1) is 0 Å². The highest BCUT2D eigenvalue weighted by Crippen LogP contribution is 2.37. The molecule has 1 fully saturated rings. The maximum atomic E-state index is 12.6. The standard InChI is InChI=1S/C20H21NO4S/c1-15-2-4-16(5-3-15)9-11-26(22,23)21-10-8-18(13-21)17-6-7-19-20(12-17)25-14-24-19/h2-7,9,11-12,18H,8,10,13-14H2,1H3. The fourth-order valence-corrected chi connectivity index (χ4v) is 4.58. The van der Waals surface area contributed by atoms with Crippen molar-refractivity contribution < 1.29 is 17.9 Å². The Kier molecular flexibility index (Phi) is 4.46. The van der Waals surface area contributed by atoms with Gasteiger partial charge in [-0.25, -0.2) is 8.42 Å². The van der Waals surface area contributed by atoms with Crippen molar-refractivity contribution in [3.8, 4) is 11.5 Å². The van der Waals surface area contributed by atoms with E-state index in [0.29, 0.717) is 13.1 Å². The van der Waals surface area contributed by atoms with Gasteiger partial charge in [0.1, 0.15) is 0 Å². The largest absolute Gasteiger partial charge is 0.454 e. The van der Waals surface area contributed by atoms with Crippen LogP contribution in [0.5, 0.6) is 11.5 Å². The molecule has 5 nitrogen and oxygen atoms in total. The lowest BCUT2D eigenvalue weighted by Crippen LogP contribution is -2.26. The minimum atomic E-state index is -3.42. The Morgan fingerprint density at radius 1 is 1.08 bits per heavy atom. The van der Waals surface area contributed by atoms with Crippen LogP contribution in [0.3, 0.4) is 0 Å². The zero-order valence-electron chi connectivity index (χ0n) is 14.6. The van der Waals surface area contributed by atoms with Crippen LogP contribution in [0.25, 0.3) is 6.08 Å². The number of hydrogen-bond acceptors (Lipinski definition) is 4. The first kappa shape index (κ1) is 17.1. The van der Waals surface area contributed by atoms with E-state index in [0.717, 1.165) is 34.6 Å². The zero-order valence-corrected chi connectivity index (χ0v) is 15.4. The Hall–Kier alpha value is -2.31. The van der Waals surface area contributed by atoms with Gasteiger partial charge < -0.3 is 9.47 Å². The van der Waals surface area contributed by atoms with Crippen molar-refractivity contribution in [3.05, 3.63) is 64.6 Å². The van der Waals surface area contributed by atoms with Crippen LogP contribution in [0.1, 0.15) is 29.0 Å². The molecule has 0 saturated carbocycles. The predicted molar refractivity (Wildman–Crippen MR) is 101 cm³/mol. The Morgan fingerprint density at radius 3 is 2.65 bits per heavy atom. The van der Waals surface area contributed by atoms with Gasteiger partial charge in [0.15, 0.2) is 11.5 Å². The van der Waals surface area contributed by atoms with Gasteiger partial charge >= 0.3 is 0 Å². The van der Waals surface area contributed by atoms with Crippen molar-refractivity contribution in [2.24, 2.45) is 0 Å². The summed E-state index contributed by atoms with van der Waals surface area (Å²) in [4.78, 5) is 0. The second-order valence-corrected chi connectivity index (χ2v) is 8.53. The summed E-state index contributed by atoms with van der Waals surface area (Å²) in [6.45, 7) is 3.26. The number of rotatable bonds is 4. The maximum Gasteiger partial charge on any atom is 0.236 e. The van der Waals surface area contributed by atoms with Gasteiger partial charge in [-0.05, 0) is 48.6 Å². The molecule has 0 spiro atoms. The summed E-state index contributed by atoms with van der Waals surface area (Å²) in [7, 11) is -3.42. The van der Waals surface area contributed by atoms with Crippen molar-refractivity contribution >= 4 is 16.1 Å². The third-order valence-electron chi connectivity index (χ3n) is 4.89. The molecular formula is C20H21NO4S. The van der Waals surface area contributed by atoms with Crippen molar-refractivity contribution in [1.29, 1.82) is 0 Å². The first-order valence-corrected chi connectivity index (χ1v) is 10.2. The second kappa shape index (κ2) is 6.78. The molecule has 26 heavy (non-hydrogen) atoms. The van der Waals surface area contributed by atoms with Crippen LogP contribution in [0.2, 0.25) is 0 Å². The molecule has 6 heteroatoms. The second-order valence-electron chi connectivity index (χ2n) is 6.71. The average molecular weight is 371 g/mol. The molecule has 1 unspecified atom stereocenters. The smallest absolute Gasteiger partial charge is 0.236 e. The van der Waals surface area contributed by atoms with Crippen LogP contribution in [0, 0.1) is 6.92 Å². The lowest BCUT2D eigenvalue weighted by atomic mass is 9.98. The number of hydrogen-bond donors (Lipinski definition) is 0. The fraction of sp³-hybridized carbons (Fsp3) is 0.300. The molecule has 0 N–H and O–H groups in total. The van der Waals surface area contributed by atoms with Crippen LogP contribution < -0.4 is 9.47 Å². The number of benzene rings is 2. The first-order valence-electron chi connectivity index (χ1n) is 8.66. The van der Waals surface area contributed by atoms with E-state index in [1.165, 1.54) is 5.41 Å². The normalized spacial score (nSPS) is 20.1. The van der Waals surface area contributed by atoms with Gasteiger partial charge in [-0.3, -0.25) is 0 Å². The van der Waals surface area contributed by atoms with Crippen molar-refractivity contribution in [2.45, 2.75) is 19.3 Å². The summed E-state index contributed by atoms with van der Waals surface area (Å²) in [5, 5.41) is 1.31. The lowest BCUT2D eigenvalue weighted by molar-refractivity contribution is 0.174. The van der Waals surface area contributed by atoms with E-state index < -0.39 is 10.0 Å². The number of aryl methyl sites for hydroxylation is 1. The molecule has 136 valence electrons. The topological polar surface area (TPSA) is 55.8 Å². The molecule has 0 aromatic heterocycles. The Labute approximate surface area is 153 Å². The number of ether oxygens (including phenoxy) is 2. The summed E-state index contributed by atoms with van der Waals surface area (Å²) < 4.78 is 37.6. The monoisotopic (exact) mass is 371 g/mol. The van der Waals surface area contributed by atoms with E-state index in [1.54, 1.807) is 10.4 Å². The Balaban J connectivity index is 1.46. The van der Waals surface area contributed by atoms with Crippen LogP contribution in [0.15, 0.2) is 47.9 Å². The summed E-state index contributed by atoms with van der Waals surface area (Å²) in [6, 6.07) is 13.6. The number of fused-ring (bicyclic) bond motifs is 1. The first-order chi connectivity index (χ1) is 12.5. The molecule has 2 aromatic carbocycles. The van der Waals surface area contributed by atoms with Gasteiger partial charge in [0.2, 0.25) is 16.8 Å². The van der Waals surface area contributed by atoms with E-state index in [9.17, 15) is 8.42 Å². The highest BCUT2D eigenvalue weighted by atomic mass is 32.2. The minimum absolute atomic E-state index is 0.173. The molecule has 0 radical (unpaired) electrons. The highest BCUT2D eigenvalue weighted by molar-refractivity contribution is 7.92. The van der Waals surface area contributed by atoms with Gasteiger partial charge in [0.25, 0.3) is 0 Å². The average Bonchev–Trinajstić information content (AvgIpc) is 3.30. The van der Waals surface area contributed by atoms with Crippen LogP contribution in [-0.4, -0.2) is 32.6 Å². The lowest BCUT2D eigenvalue weighted by Gasteiger charge is -2.14. The Bertz CT molecular complexity index is 935. The molecule has 2 heterocycles. The van der Waals surface area contributed by atoms with Gasteiger partial charge in [0, 0.05) is 18.5 Å². The molecule has 0 aliphatic carbocycles. The zero-order chi connectivity index (χ0) is 18.1. The summed E-state index contributed by atoms with van der Waals surface area (Å²) in [5.41, 5.74) is 3.12. The molecular weight excluding hydrogens is 350 g/mol. The minimum Gasteiger partial charge on any atom is -0.454 e. The third kappa shape index (κ3) is 3.48. The van der Waals surface area contributed by atoms with Crippen molar-refractivity contribution in [2.75, 3.05) is 19.9 Å². The third-order valence-corrected chi connectivity index (χ3v) is 6.42. The van der Waals surface area contributed by atoms with Crippen LogP contribution >= 0.6 is 0 Å². The van der Waals surface area contributed by atoms with E-state index in [4.69, 9.17) is 9.47 Å². The molecule has 0 amide bonds. The van der Waals surface area contributed by atoms with E-state index >= 15 is 0 Å². The number of sulfonamides is 1. The summed E-state index contributed by atoms with van der Waals surface area (Å²) in [6.07, 6.45) is 2.46. The molecule has 4 rings (SSSR count). The van der Waals surface area contributed by atoms with Crippen LogP contribution in [-0.2, 0) is 10.0 Å².